The number of benzene rings is 1. The molecule has 2 heterocycles. The molecule has 1 fully saturated rings. The van der Waals surface area contributed by atoms with E-state index in [2.05, 4.69) is 9.88 Å². The van der Waals surface area contributed by atoms with Crippen LogP contribution >= 0.6 is 0 Å². The number of hydroxylamine groups is 2. The van der Waals surface area contributed by atoms with E-state index in [1.807, 2.05) is 48.5 Å². The molecule has 5 nitrogen and oxygen atoms in total. The van der Waals surface area contributed by atoms with E-state index >= 15 is 0 Å². The first-order valence-electron chi connectivity index (χ1n) is 7.97. The third-order valence-corrected chi connectivity index (χ3v) is 3.90. The number of pyridine rings is 1. The molecule has 0 radical (unpaired) electrons. The van der Waals surface area contributed by atoms with Crippen molar-refractivity contribution in [1.82, 2.24) is 10.0 Å². The highest BCUT2D eigenvalue weighted by atomic mass is 16.7. The van der Waals surface area contributed by atoms with Crippen molar-refractivity contribution in [2.75, 3.05) is 31.1 Å². The highest BCUT2D eigenvalue weighted by Crippen LogP contribution is 2.13. The Balaban J connectivity index is 1.41. The summed E-state index contributed by atoms with van der Waals surface area (Å²) in [6, 6.07) is 15.9. The van der Waals surface area contributed by atoms with Crippen LogP contribution in [0.2, 0.25) is 0 Å². The minimum Gasteiger partial charge on any atom is -0.368 e. The van der Waals surface area contributed by atoms with Gasteiger partial charge in [0.15, 0.2) is 0 Å². The van der Waals surface area contributed by atoms with Gasteiger partial charge in [-0.25, -0.2) is 4.98 Å². The van der Waals surface area contributed by atoms with Crippen LogP contribution in [0.4, 0.5) is 5.82 Å². The maximum Gasteiger partial charge on any atom is 0.325 e. The number of hydrogen-bond donors (Lipinski definition) is 0. The van der Waals surface area contributed by atoms with E-state index in [4.69, 9.17) is 4.84 Å². The molecule has 0 bridgehead atoms. The van der Waals surface area contributed by atoms with Gasteiger partial charge in [-0.15, -0.1) is 5.06 Å². The summed E-state index contributed by atoms with van der Waals surface area (Å²) in [4.78, 5) is 23.9. The average molecular weight is 311 g/mol. The Kier molecular flexibility index (Phi) is 5.21. The normalized spacial score (nSPS) is 15.4. The van der Waals surface area contributed by atoms with Gasteiger partial charge in [0.05, 0.1) is 19.5 Å². The molecule has 0 N–H and O–H groups in total. The minimum atomic E-state index is -0.167. The van der Waals surface area contributed by atoms with Gasteiger partial charge in [0, 0.05) is 19.3 Å². The first-order chi connectivity index (χ1) is 11.3. The van der Waals surface area contributed by atoms with Crippen LogP contribution in [0.3, 0.4) is 0 Å². The Morgan fingerprint density at radius 2 is 1.74 bits per heavy atom. The maximum absolute atomic E-state index is 11.9. The lowest BCUT2D eigenvalue weighted by atomic mass is 10.1. The van der Waals surface area contributed by atoms with Crippen LogP contribution in [0.15, 0.2) is 54.7 Å². The van der Waals surface area contributed by atoms with Gasteiger partial charge >= 0.3 is 5.97 Å². The number of carbonyl (C=O) groups is 1. The number of piperazine rings is 1. The van der Waals surface area contributed by atoms with Gasteiger partial charge < -0.3 is 9.74 Å². The van der Waals surface area contributed by atoms with Gasteiger partial charge in [0.2, 0.25) is 0 Å². The van der Waals surface area contributed by atoms with Crippen LogP contribution < -0.4 is 4.90 Å². The largest absolute Gasteiger partial charge is 0.368 e. The first-order valence-corrected chi connectivity index (χ1v) is 7.97. The Bertz CT molecular complexity index is 611. The zero-order valence-electron chi connectivity index (χ0n) is 13.1. The number of anilines is 1. The lowest BCUT2D eigenvalue weighted by Gasteiger charge is -2.33. The maximum atomic E-state index is 11.9. The molecule has 0 atom stereocenters. The van der Waals surface area contributed by atoms with Crippen molar-refractivity contribution in [3.8, 4) is 0 Å². The van der Waals surface area contributed by atoms with Crippen LogP contribution in [0, 0.1) is 0 Å². The Morgan fingerprint density at radius 3 is 2.43 bits per heavy atom. The molecule has 0 spiro atoms. The SMILES string of the molecule is O=C(CCc1ccccc1)ON1CCN(c2ccccn2)CC1. The Labute approximate surface area is 136 Å². The number of hydrogen-bond acceptors (Lipinski definition) is 5. The highest BCUT2D eigenvalue weighted by molar-refractivity contribution is 5.69. The van der Waals surface area contributed by atoms with Crippen molar-refractivity contribution < 1.29 is 9.63 Å². The second kappa shape index (κ2) is 7.74. The molecule has 5 heteroatoms. The summed E-state index contributed by atoms with van der Waals surface area (Å²) in [6.07, 6.45) is 2.92. The molecular formula is C18H21N3O2. The quantitative estimate of drug-likeness (QED) is 0.848. The van der Waals surface area contributed by atoms with E-state index in [1.165, 1.54) is 0 Å². The molecule has 0 amide bonds. The van der Waals surface area contributed by atoms with E-state index in [0.717, 1.165) is 24.5 Å². The van der Waals surface area contributed by atoms with Gasteiger partial charge in [-0.2, -0.15) is 0 Å². The fourth-order valence-electron chi connectivity index (χ4n) is 2.63. The van der Waals surface area contributed by atoms with Gasteiger partial charge in [-0.1, -0.05) is 36.4 Å². The predicted octanol–water partition coefficient (Wildman–Crippen LogP) is 2.29. The molecule has 23 heavy (non-hydrogen) atoms. The standard InChI is InChI=1S/C18H21N3O2/c22-18(10-9-16-6-2-1-3-7-16)23-21-14-12-20(13-15-21)17-8-4-5-11-19-17/h1-8,11H,9-10,12-15H2. The van der Waals surface area contributed by atoms with Crippen LogP contribution in [-0.4, -0.2) is 42.2 Å². The second-order valence-corrected chi connectivity index (χ2v) is 5.55. The fourth-order valence-corrected chi connectivity index (χ4v) is 2.63. The molecule has 1 aromatic carbocycles. The summed E-state index contributed by atoms with van der Waals surface area (Å²) >= 11 is 0. The summed E-state index contributed by atoms with van der Waals surface area (Å²) in [7, 11) is 0. The number of nitrogens with zero attached hydrogens (tertiary/aromatic N) is 3. The van der Waals surface area contributed by atoms with Crippen molar-refractivity contribution >= 4 is 11.8 Å². The van der Waals surface area contributed by atoms with Crippen molar-refractivity contribution in [3.05, 3.63) is 60.3 Å². The molecular weight excluding hydrogens is 290 g/mol. The van der Waals surface area contributed by atoms with Crippen molar-refractivity contribution in [2.24, 2.45) is 0 Å². The lowest BCUT2D eigenvalue weighted by Crippen LogP contribution is -2.47. The fraction of sp³-hybridized carbons (Fsp3) is 0.333. The first kappa shape index (κ1) is 15.5. The summed E-state index contributed by atoms with van der Waals surface area (Å²) in [5.74, 6) is 0.808. The van der Waals surface area contributed by atoms with Gasteiger partial charge in [-0.05, 0) is 24.1 Å². The van der Waals surface area contributed by atoms with E-state index in [1.54, 1.807) is 11.3 Å². The summed E-state index contributed by atoms with van der Waals surface area (Å²) in [6.45, 7) is 3.02. The molecule has 1 aromatic heterocycles. The zero-order chi connectivity index (χ0) is 15.9. The zero-order valence-corrected chi connectivity index (χ0v) is 13.1. The second-order valence-electron chi connectivity index (χ2n) is 5.55. The van der Waals surface area contributed by atoms with Crippen LogP contribution in [0.25, 0.3) is 0 Å². The van der Waals surface area contributed by atoms with Crippen molar-refractivity contribution in [1.29, 1.82) is 0 Å². The molecule has 0 aliphatic carbocycles. The topological polar surface area (TPSA) is 45.7 Å². The van der Waals surface area contributed by atoms with Crippen molar-refractivity contribution in [2.45, 2.75) is 12.8 Å². The molecule has 1 aliphatic rings. The number of carbonyl (C=O) groups excluding carboxylic acids is 1. The molecule has 2 aromatic rings. The van der Waals surface area contributed by atoms with E-state index in [-0.39, 0.29) is 5.97 Å². The lowest BCUT2D eigenvalue weighted by molar-refractivity contribution is -0.191. The van der Waals surface area contributed by atoms with E-state index in [9.17, 15) is 4.79 Å². The van der Waals surface area contributed by atoms with Crippen molar-refractivity contribution in [3.63, 3.8) is 0 Å². The van der Waals surface area contributed by atoms with E-state index in [0.29, 0.717) is 25.9 Å². The molecule has 120 valence electrons. The highest BCUT2D eigenvalue weighted by Gasteiger charge is 2.20. The third-order valence-electron chi connectivity index (χ3n) is 3.90. The molecule has 1 saturated heterocycles. The number of rotatable bonds is 5. The molecule has 0 unspecified atom stereocenters. The monoisotopic (exact) mass is 311 g/mol. The van der Waals surface area contributed by atoms with Gasteiger partial charge in [0.1, 0.15) is 5.82 Å². The van der Waals surface area contributed by atoms with E-state index < -0.39 is 0 Å². The number of aromatic nitrogens is 1. The number of aryl methyl sites for hydroxylation is 1. The smallest absolute Gasteiger partial charge is 0.325 e. The molecule has 1 aliphatic heterocycles. The predicted molar refractivity (Wildman–Crippen MR) is 88.9 cm³/mol. The summed E-state index contributed by atoms with van der Waals surface area (Å²) in [5.41, 5.74) is 1.16. The summed E-state index contributed by atoms with van der Waals surface area (Å²) < 4.78 is 0. The average Bonchev–Trinajstić information content (AvgIpc) is 2.62. The van der Waals surface area contributed by atoms with Crippen LogP contribution in [-0.2, 0) is 16.1 Å². The van der Waals surface area contributed by atoms with Crippen LogP contribution in [0.5, 0.6) is 0 Å². The van der Waals surface area contributed by atoms with Gasteiger partial charge in [-0.3, -0.25) is 4.79 Å². The minimum absolute atomic E-state index is 0.167. The third kappa shape index (κ3) is 4.53. The Hall–Kier alpha value is -2.40. The van der Waals surface area contributed by atoms with Gasteiger partial charge in [0.25, 0.3) is 0 Å². The summed E-state index contributed by atoms with van der Waals surface area (Å²) in [5, 5.41) is 1.76. The molecule has 3 rings (SSSR count). The molecule has 0 saturated carbocycles. The Morgan fingerprint density at radius 1 is 1.00 bits per heavy atom. The van der Waals surface area contributed by atoms with Crippen LogP contribution in [0.1, 0.15) is 12.0 Å².